The molecule has 20 heavy (non-hydrogen) atoms. The number of hydrogen-bond donors (Lipinski definition) is 2. The highest BCUT2D eigenvalue weighted by Crippen LogP contribution is 2.54. The molecule has 2 heterocycles. The van der Waals surface area contributed by atoms with Crippen molar-refractivity contribution in [3.8, 4) is 6.07 Å². The summed E-state index contributed by atoms with van der Waals surface area (Å²) < 4.78 is 0. The second kappa shape index (κ2) is 4.10. The number of hydrogen-bond acceptors (Lipinski definition) is 5. The minimum Gasteiger partial charge on any atom is -0.394 e. The Kier molecular flexibility index (Phi) is 2.61. The molecular formula is C14H17N5O. The molecular weight excluding hydrogens is 254 g/mol. The van der Waals surface area contributed by atoms with Gasteiger partial charge >= 0.3 is 0 Å². The SMILES string of the molecule is C[C@@H]1CN(c2ccnc(N)c2N)C(=O)[C@]1(C#N)C1CC1. The second-order valence-electron chi connectivity index (χ2n) is 5.70. The van der Waals surface area contributed by atoms with Crippen LogP contribution >= 0.6 is 0 Å². The number of pyridine rings is 1. The highest BCUT2D eigenvalue weighted by Gasteiger charge is 2.61. The van der Waals surface area contributed by atoms with Crippen LogP contribution in [-0.4, -0.2) is 17.4 Å². The van der Waals surface area contributed by atoms with Gasteiger partial charge in [0, 0.05) is 18.7 Å². The Balaban J connectivity index is 2.04. The molecule has 1 amide bonds. The third-order valence-electron chi connectivity index (χ3n) is 4.53. The van der Waals surface area contributed by atoms with E-state index >= 15 is 0 Å². The molecule has 1 saturated carbocycles. The number of nitrogens with two attached hydrogens (primary N) is 2. The maximum absolute atomic E-state index is 12.8. The summed E-state index contributed by atoms with van der Waals surface area (Å²) in [5.41, 5.74) is 11.6. The fourth-order valence-corrected chi connectivity index (χ4v) is 3.22. The van der Waals surface area contributed by atoms with Crippen LogP contribution in [0.3, 0.4) is 0 Å². The molecule has 3 rings (SSSR count). The van der Waals surface area contributed by atoms with Gasteiger partial charge < -0.3 is 16.4 Å². The summed E-state index contributed by atoms with van der Waals surface area (Å²) >= 11 is 0. The molecule has 0 bridgehead atoms. The van der Waals surface area contributed by atoms with Gasteiger partial charge in [0.2, 0.25) is 5.91 Å². The summed E-state index contributed by atoms with van der Waals surface area (Å²) in [4.78, 5) is 18.3. The lowest BCUT2D eigenvalue weighted by Gasteiger charge is -2.23. The van der Waals surface area contributed by atoms with Crippen molar-refractivity contribution < 1.29 is 4.79 Å². The summed E-state index contributed by atoms with van der Waals surface area (Å²) in [6.45, 7) is 2.46. The van der Waals surface area contributed by atoms with Crippen LogP contribution in [0.1, 0.15) is 19.8 Å². The highest BCUT2D eigenvalue weighted by molar-refractivity contribution is 6.05. The van der Waals surface area contributed by atoms with Crippen LogP contribution < -0.4 is 16.4 Å². The zero-order chi connectivity index (χ0) is 14.5. The Bertz CT molecular complexity index is 618. The molecule has 104 valence electrons. The van der Waals surface area contributed by atoms with Crippen molar-refractivity contribution in [2.45, 2.75) is 19.8 Å². The van der Waals surface area contributed by atoms with Gasteiger partial charge in [0.15, 0.2) is 0 Å². The average Bonchev–Trinajstić information content (AvgIpc) is 3.22. The lowest BCUT2D eigenvalue weighted by Crippen LogP contribution is -2.37. The monoisotopic (exact) mass is 271 g/mol. The van der Waals surface area contributed by atoms with Crippen molar-refractivity contribution in [2.75, 3.05) is 22.9 Å². The van der Waals surface area contributed by atoms with Crippen molar-refractivity contribution in [3.05, 3.63) is 12.3 Å². The van der Waals surface area contributed by atoms with Gasteiger partial charge in [-0.2, -0.15) is 5.26 Å². The Morgan fingerprint density at radius 2 is 2.20 bits per heavy atom. The molecule has 1 saturated heterocycles. The van der Waals surface area contributed by atoms with Gasteiger partial charge in [-0.3, -0.25) is 4.79 Å². The minimum atomic E-state index is -0.898. The molecule has 0 aromatic carbocycles. The first-order valence-corrected chi connectivity index (χ1v) is 6.75. The molecule has 1 aliphatic heterocycles. The van der Waals surface area contributed by atoms with Crippen molar-refractivity contribution in [1.29, 1.82) is 5.26 Å². The molecule has 1 aromatic rings. The lowest BCUT2D eigenvalue weighted by molar-refractivity contribution is -0.124. The van der Waals surface area contributed by atoms with E-state index in [4.69, 9.17) is 11.5 Å². The van der Waals surface area contributed by atoms with Gasteiger partial charge in [0.25, 0.3) is 0 Å². The fraction of sp³-hybridized carbons (Fsp3) is 0.500. The van der Waals surface area contributed by atoms with Crippen molar-refractivity contribution in [2.24, 2.45) is 17.3 Å². The Morgan fingerprint density at radius 1 is 1.50 bits per heavy atom. The lowest BCUT2D eigenvalue weighted by atomic mass is 9.75. The standard InChI is InChI=1S/C14H17N5O/c1-8-6-19(10-4-5-18-12(17)11(10)16)13(20)14(8,7-15)9-2-3-9/h4-5,8-9H,2-3,6,16H2,1H3,(H2,17,18)/t8-,14+/m1/s1. The highest BCUT2D eigenvalue weighted by atomic mass is 16.2. The zero-order valence-electron chi connectivity index (χ0n) is 11.3. The molecule has 4 N–H and O–H groups in total. The van der Waals surface area contributed by atoms with Gasteiger partial charge in [0.1, 0.15) is 11.2 Å². The van der Waals surface area contributed by atoms with Crippen LogP contribution in [0.2, 0.25) is 0 Å². The first-order valence-electron chi connectivity index (χ1n) is 6.75. The van der Waals surface area contributed by atoms with Crippen molar-refractivity contribution in [1.82, 2.24) is 4.98 Å². The van der Waals surface area contributed by atoms with E-state index in [1.54, 1.807) is 11.0 Å². The first kappa shape index (κ1) is 12.7. The Labute approximate surface area is 117 Å². The van der Waals surface area contributed by atoms with Gasteiger partial charge in [-0.25, -0.2) is 4.98 Å². The summed E-state index contributed by atoms with van der Waals surface area (Å²) in [6, 6.07) is 3.97. The molecule has 0 unspecified atom stereocenters. The maximum Gasteiger partial charge on any atom is 0.248 e. The van der Waals surface area contributed by atoms with Crippen LogP contribution in [0.25, 0.3) is 0 Å². The number of carbonyl (C=O) groups is 1. The molecule has 0 spiro atoms. The van der Waals surface area contributed by atoms with Gasteiger partial charge in [-0.15, -0.1) is 0 Å². The number of aromatic nitrogens is 1. The third kappa shape index (κ3) is 1.49. The zero-order valence-corrected chi connectivity index (χ0v) is 11.3. The second-order valence-corrected chi connectivity index (χ2v) is 5.70. The minimum absolute atomic E-state index is 0.0127. The van der Waals surface area contributed by atoms with Gasteiger partial charge in [0.05, 0.1) is 17.4 Å². The van der Waals surface area contributed by atoms with E-state index < -0.39 is 5.41 Å². The first-order chi connectivity index (χ1) is 9.52. The number of nitriles is 1. The van der Waals surface area contributed by atoms with E-state index in [1.807, 2.05) is 6.92 Å². The van der Waals surface area contributed by atoms with E-state index in [0.717, 1.165) is 12.8 Å². The molecule has 2 atom stereocenters. The number of carbonyl (C=O) groups excluding carboxylic acids is 1. The summed E-state index contributed by atoms with van der Waals surface area (Å²) in [5, 5.41) is 9.59. The normalized spacial score (nSPS) is 29.5. The van der Waals surface area contributed by atoms with E-state index in [0.29, 0.717) is 17.9 Å². The van der Waals surface area contributed by atoms with E-state index in [1.165, 1.54) is 6.20 Å². The largest absolute Gasteiger partial charge is 0.394 e. The predicted octanol–water partition coefficient (Wildman–Crippen LogP) is 1.15. The van der Waals surface area contributed by atoms with Crippen molar-refractivity contribution >= 4 is 23.1 Å². The average molecular weight is 271 g/mol. The maximum atomic E-state index is 12.8. The number of nitrogens with zero attached hydrogens (tertiary/aromatic N) is 3. The number of amides is 1. The Hall–Kier alpha value is -2.29. The summed E-state index contributed by atoms with van der Waals surface area (Å²) in [7, 11) is 0. The topological polar surface area (TPSA) is 109 Å². The van der Waals surface area contributed by atoms with E-state index in [-0.39, 0.29) is 23.6 Å². The molecule has 0 radical (unpaired) electrons. The Morgan fingerprint density at radius 3 is 2.80 bits per heavy atom. The number of rotatable bonds is 2. The van der Waals surface area contributed by atoms with Crippen LogP contribution in [0.15, 0.2) is 12.3 Å². The summed E-state index contributed by atoms with van der Waals surface area (Å²) in [6.07, 6.45) is 3.43. The molecule has 6 nitrogen and oxygen atoms in total. The van der Waals surface area contributed by atoms with E-state index in [2.05, 4.69) is 11.1 Å². The van der Waals surface area contributed by atoms with Crippen LogP contribution in [0, 0.1) is 28.6 Å². The molecule has 1 aliphatic carbocycles. The smallest absolute Gasteiger partial charge is 0.248 e. The summed E-state index contributed by atoms with van der Waals surface area (Å²) in [5.74, 6) is 0.234. The molecule has 6 heteroatoms. The third-order valence-corrected chi connectivity index (χ3v) is 4.53. The van der Waals surface area contributed by atoms with Gasteiger partial charge in [-0.1, -0.05) is 6.92 Å². The van der Waals surface area contributed by atoms with Crippen LogP contribution in [-0.2, 0) is 4.79 Å². The van der Waals surface area contributed by atoms with Crippen LogP contribution in [0.4, 0.5) is 17.2 Å². The molecule has 2 aliphatic rings. The molecule has 1 aromatic heterocycles. The predicted molar refractivity (Wildman–Crippen MR) is 75.3 cm³/mol. The van der Waals surface area contributed by atoms with Crippen LogP contribution in [0.5, 0.6) is 0 Å². The quantitative estimate of drug-likeness (QED) is 0.838. The fourth-order valence-electron chi connectivity index (χ4n) is 3.22. The van der Waals surface area contributed by atoms with Gasteiger partial charge in [-0.05, 0) is 24.8 Å². The van der Waals surface area contributed by atoms with E-state index in [9.17, 15) is 10.1 Å². The molecule has 2 fully saturated rings. The number of anilines is 3. The number of nitrogen functional groups attached to an aromatic ring is 2. The van der Waals surface area contributed by atoms with Crippen molar-refractivity contribution in [3.63, 3.8) is 0 Å².